The second-order valence-electron chi connectivity index (χ2n) is 7.94. The highest BCUT2D eigenvalue weighted by Crippen LogP contribution is 2.44. The Kier molecular flexibility index (Phi) is 3.13. The van der Waals surface area contributed by atoms with Gasteiger partial charge in [-0.15, -0.1) is 0 Å². The van der Waals surface area contributed by atoms with Crippen LogP contribution in [0.2, 0.25) is 0 Å². The summed E-state index contributed by atoms with van der Waals surface area (Å²) in [5.41, 5.74) is -0.167. The molecule has 3 atom stereocenters. The van der Waals surface area contributed by atoms with Crippen molar-refractivity contribution in [1.82, 2.24) is 19.9 Å². The number of rotatable bonds is 3. The molecule has 0 radical (unpaired) electrons. The van der Waals surface area contributed by atoms with Crippen LogP contribution in [0.1, 0.15) is 25.7 Å². The summed E-state index contributed by atoms with van der Waals surface area (Å²) in [6, 6.07) is 2.46. The van der Waals surface area contributed by atoms with Gasteiger partial charge in [0.25, 0.3) is 5.91 Å². The second-order valence-corrected chi connectivity index (χ2v) is 7.94. The van der Waals surface area contributed by atoms with Crippen LogP contribution in [-0.2, 0) is 4.79 Å². The number of amides is 1. The maximum Gasteiger partial charge on any atom is 0.254 e. The van der Waals surface area contributed by atoms with Crippen molar-refractivity contribution in [2.24, 2.45) is 11.8 Å². The number of hydrogen-bond acceptors (Lipinski definition) is 5. The minimum Gasteiger partial charge on any atom is -0.380 e. The molecular formula is C18H23N5O2. The van der Waals surface area contributed by atoms with Crippen LogP contribution in [0.5, 0.6) is 0 Å². The van der Waals surface area contributed by atoms with E-state index in [1.807, 2.05) is 17.2 Å². The highest BCUT2D eigenvalue weighted by atomic mass is 16.3. The van der Waals surface area contributed by atoms with Crippen molar-refractivity contribution in [3.05, 3.63) is 18.6 Å². The number of carbonyl (C=O) groups is 1. The van der Waals surface area contributed by atoms with Crippen molar-refractivity contribution < 1.29 is 9.90 Å². The molecule has 132 valence electrons. The van der Waals surface area contributed by atoms with Gasteiger partial charge in [0.2, 0.25) is 0 Å². The normalized spacial score (nSPS) is 29.8. The molecule has 1 amide bonds. The molecule has 5 rings (SSSR count). The van der Waals surface area contributed by atoms with Crippen LogP contribution >= 0.6 is 0 Å². The highest BCUT2D eigenvalue weighted by Gasteiger charge is 2.53. The number of fused-ring (bicyclic) bond motifs is 2. The SMILES string of the molecule is CN(c1ncnc2[nH]ccc12)[C@H]1C[C@@H]2CN(C(=O)C3(O)CC3)C[C@@H]2C1. The maximum atomic E-state index is 12.4. The zero-order valence-electron chi connectivity index (χ0n) is 14.4. The van der Waals surface area contributed by atoms with E-state index in [1.54, 1.807) is 6.33 Å². The molecule has 1 aliphatic heterocycles. The Hall–Kier alpha value is -2.15. The summed E-state index contributed by atoms with van der Waals surface area (Å²) in [7, 11) is 2.11. The minimum atomic E-state index is -1.03. The number of aromatic amines is 1. The first-order valence-electron chi connectivity index (χ1n) is 9.08. The molecule has 2 aromatic rings. The number of nitrogens with zero attached hydrogens (tertiary/aromatic N) is 4. The number of likely N-dealkylation sites (tertiary alicyclic amines) is 1. The topological polar surface area (TPSA) is 85.4 Å². The number of aliphatic hydroxyl groups is 1. The molecular weight excluding hydrogens is 318 g/mol. The lowest BCUT2D eigenvalue weighted by Gasteiger charge is -2.28. The average molecular weight is 341 g/mol. The lowest BCUT2D eigenvalue weighted by Crippen LogP contribution is -2.40. The minimum absolute atomic E-state index is 0.0448. The van der Waals surface area contributed by atoms with Gasteiger partial charge >= 0.3 is 0 Å². The maximum absolute atomic E-state index is 12.4. The fourth-order valence-corrected chi connectivity index (χ4v) is 4.69. The zero-order chi connectivity index (χ0) is 17.2. The molecule has 2 aliphatic carbocycles. The second kappa shape index (κ2) is 5.17. The number of H-pyrrole nitrogens is 1. The van der Waals surface area contributed by atoms with Crippen LogP contribution in [0, 0.1) is 11.8 Å². The summed E-state index contributed by atoms with van der Waals surface area (Å²) in [5.74, 6) is 1.98. The predicted molar refractivity (Wildman–Crippen MR) is 93.1 cm³/mol. The number of hydrogen-bond donors (Lipinski definition) is 2. The summed E-state index contributed by atoms with van der Waals surface area (Å²) in [4.78, 5) is 28.4. The monoisotopic (exact) mass is 341 g/mol. The van der Waals surface area contributed by atoms with Gasteiger partial charge in [0.1, 0.15) is 23.4 Å². The van der Waals surface area contributed by atoms with Gasteiger partial charge in [0.15, 0.2) is 0 Å². The third-order valence-electron chi connectivity index (χ3n) is 6.35. The van der Waals surface area contributed by atoms with Crippen LogP contribution in [0.3, 0.4) is 0 Å². The Balaban J connectivity index is 1.29. The predicted octanol–water partition coefficient (Wildman–Crippen LogP) is 1.16. The zero-order valence-corrected chi connectivity index (χ0v) is 14.4. The fourth-order valence-electron chi connectivity index (χ4n) is 4.69. The average Bonchev–Trinajstić information content (AvgIpc) is 2.99. The summed E-state index contributed by atoms with van der Waals surface area (Å²) in [6.45, 7) is 1.58. The van der Waals surface area contributed by atoms with E-state index < -0.39 is 5.60 Å². The molecule has 0 spiro atoms. The summed E-state index contributed by atoms with van der Waals surface area (Å²) >= 11 is 0. The first-order chi connectivity index (χ1) is 12.0. The standard InChI is InChI=1S/C18H23N5O2/c1-22(16-14-2-5-19-15(14)20-10-21-16)13-6-11-8-23(9-12(11)7-13)17(24)18(25)3-4-18/h2,5,10-13,25H,3-4,6-9H2,1H3,(H,19,20,21)/t11-,12+,13+. The van der Waals surface area contributed by atoms with E-state index in [2.05, 4.69) is 26.9 Å². The van der Waals surface area contributed by atoms with Crippen molar-refractivity contribution >= 4 is 22.8 Å². The van der Waals surface area contributed by atoms with Crippen molar-refractivity contribution in [1.29, 1.82) is 0 Å². The molecule has 3 heterocycles. The van der Waals surface area contributed by atoms with E-state index >= 15 is 0 Å². The van der Waals surface area contributed by atoms with Crippen LogP contribution in [0.25, 0.3) is 11.0 Å². The number of anilines is 1. The van der Waals surface area contributed by atoms with Crippen molar-refractivity contribution in [3.63, 3.8) is 0 Å². The molecule has 0 unspecified atom stereocenters. The third kappa shape index (κ3) is 2.33. The van der Waals surface area contributed by atoms with Gasteiger partial charge in [-0.3, -0.25) is 4.79 Å². The van der Waals surface area contributed by atoms with Gasteiger partial charge in [-0.05, 0) is 43.6 Å². The summed E-state index contributed by atoms with van der Waals surface area (Å²) < 4.78 is 0. The van der Waals surface area contributed by atoms with Crippen LogP contribution < -0.4 is 4.90 Å². The lowest BCUT2D eigenvalue weighted by atomic mass is 10.0. The van der Waals surface area contributed by atoms with Crippen LogP contribution in [0.4, 0.5) is 5.82 Å². The van der Waals surface area contributed by atoms with Crippen molar-refractivity contribution in [2.45, 2.75) is 37.3 Å². The molecule has 7 heteroatoms. The largest absolute Gasteiger partial charge is 0.380 e. The molecule has 7 nitrogen and oxygen atoms in total. The number of nitrogens with one attached hydrogen (secondary N) is 1. The van der Waals surface area contributed by atoms with Gasteiger partial charge in [0, 0.05) is 32.4 Å². The molecule has 3 aliphatic rings. The molecule has 0 bridgehead atoms. The van der Waals surface area contributed by atoms with Crippen molar-refractivity contribution in [2.75, 3.05) is 25.0 Å². The van der Waals surface area contributed by atoms with E-state index in [0.29, 0.717) is 30.7 Å². The summed E-state index contributed by atoms with van der Waals surface area (Å²) in [5, 5.41) is 11.1. The molecule has 2 N–H and O–H groups in total. The lowest BCUT2D eigenvalue weighted by molar-refractivity contribution is -0.141. The smallest absolute Gasteiger partial charge is 0.254 e. The van der Waals surface area contributed by atoms with Gasteiger partial charge in [-0.25, -0.2) is 9.97 Å². The quantitative estimate of drug-likeness (QED) is 0.875. The van der Waals surface area contributed by atoms with E-state index in [4.69, 9.17) is 0 Å². The van der Waals surface area contributed by atoms with E-state index in [1.165, 1.54) is 0 Å². The Bertz CT molecular complexity index is 816. The molecule has 0 aromatic carbocycles. The first-order valence-corrected chi connectivity index (χ1v) is 9.08. The highest BCUT2D eigenvalue weighted by molar-refractivity contribution is 5.88. The van der Waals surface area contributed by atoms with E-state index in [0.717, 1.165) is 42.8 Å². The Morgan fingerprint density at radius 3 is 2.72 bits per heavy atom. The molecule has 2 aromatic heterocycles. The molecule has 25 heavy (non-hydrogen) atoms. The van der Waals surface area contributed by atoms with E-state index in [9.17, 15) is 9.90 Å². The van der Waals surface area contributed by atoms with Crippen LogP contribution in [-0.4, -0.2) is 62.6 Å². The number of carbonyl (C=O) groups excluding carboxylic acids is 1. The Labute approximate surface area is 146 Å². The number of aromatic nitrogens is 3. The molecule has 1 saturated heterocycles. The van der Waals surface area contributed by atoms with Crippen molar-refractivity contribution in [3.8, 4) is 0 Å². The third-order valence-corrected chi connectivity index (χ3v) is 6.35. The van der Waals surface area contributed by atoms with Gasteiger partial charge < -0.3 is 19.9 Å². The van der Waals surface area contributed by atoms with Gasteiger partial charge in [-0.2, -0.15) is 0 Å². The molecule has 3 fully saturated rings. The Morgan fingerprint density at radius 2 is 2.04 bits per heavy atom. The Morgan fingerprint density at radius 1 is 1.32 bits per heavy atom. The summed E-state index contributed by atoms with van der Waals surface area (Å²) in [6.07, 6.45) is 6.90. The van der Waals surface area contributed by atoms with Gasteiger partial charge in [-0.1, -0.05) is 0 Å². The first kappa shape index (κ1) is 15.1. The fraction of sp³-hybridized carbons (Fsp3) is 0.611. The van der Waals surface area contributed by atoms with Crippen LogP contribution in [0.15, 0.2) is 18.6 Å². The van der Waals surface area contributed by atoms with Gasteiger partial charge in [0.05, 0.1) is 5.39 Å². The molecule has 2 saturated carbocycles. The van der Waals surface area contributed by atoms with E-state index in [-0.39, 0.29) is 5.91 Å².